The first kappa shape index (κ1) is 22.5. The average molecular weight is 432 g/mol. The van der Waals surface area contributed by atoms with Crippen molar-refractivity contribution in [1.82, 2.24) is 15.1 Å². The highest BCUT2D eigenvalue weighted by molar-refractivity contribution is 5.98. The van der Waals surface area contributed by atoms with Crippen molar-refractivity contribution in [3.63, 3.8) is 0 Å². The fourth-order valence-corrected chi connectivity index (χ4v) is 3.13. The third-order valence-electron chi connectivity index (χ3n) is 4.72. The van der Waals surface area contributed by atoms with Crippen LogP contribution in [0.1, 0.15) is 27.3 Å². The molecule has 0 fully saturated rings. The number of amides is 2. The van der Waals surface area contributed by atoms with Crippen molar-refractivity contribution in [2.45, 2.75) is 13.8 Å². The fraction of sp³-hybridized carbons (Fsp3) is 0.167. The Balaban J connectivity index is 1.58. The smallest absolute Gasteiger partial charge is 0.331 e. The number of carbonyl (C=O) groups is 3. The van der Waals surface area contributed by atoms with Crippen LogP contribution in [0.15, 0.2) is 60.7 Å². The molecule has 32 heavy (non-hydrogen) atoms. The molecule has 0 aliphatic heterocycles. The van der Waals surface area contributed by atoms with E-state index in [1.54, 1.807) is 29.0 Å². The molecule has 0 saturated carbocycles. The Kier molecular flexibility index (Phi) is 7.17. The van der Waals surface area contributed by atoms with Crippen LogP contribution < -0.4 is 10.6 Å². The fourth-order valence-electron chi connectivity index (χ4n) is 3.13. The van der Waals surface area contributed by atoms with E-state index in [9.17, 15) is 14.4 Å². The summed E-state index contributed by atoms with van der Waals surface area (Å²) in [6.45, 7) is 3.32. The minimum absolute atomic E-state index is 0.265. The zero-order chi connectivity index (χ0) is 23.1. The lowest BCUT2D eigenvalue weighted by atomic mass is 10.2. The zero-order valence-electron chi connectivity index (χ0n) is 18.1. The monoisotopic (exact) mass is 432 g/mol. The minimum atomic E-state index is -0.648. The van der Waals surface area contributed by atoms with Gasteiger partial charge in [-0.2, -0.15) is 5.10 Å². The molecule has 3 rings (SSSR count). The number of nitrogens with zero attached hydrogens (tertiary/aromatic N) is 2. The highest BCUT2D eigenvalue weighted by atomic mass is 16.5. The largest absolute Gasteiger partial charge is 0.452 e. The van der Waals surface area contributed by atoms with E-state index in [4.69, 9.17) is 4.74 Å². The standard InChI is InChI=1S/C24H24N4O4/c1-16-21(17(2)28(27-16)20-10-5-4-6-11-20)12-13-23(30)32-15-22(29)26-19-9-7-8-18(14-19)24(31)25-3/h4-14H,15H2,1-3H3,(H,25,31)(H,26,29)/b13-12+. The van der Waals surface area contributed by atoms with Crippen LogP contribution in [0, 0.1) is 13.8 Å². The van der Waals surface area contributed by atoms with Crippen molar-refractivity contribution in [3.8, 4) is 5.69 Å². The second-order valence-corrected chi connectivity index (χ2v) is 6.98. The van der Waals surface area contributed by atoms with Crippen LogP contribution in [-0.4, -0.2) is 41.2 Å². The molecule has 0 unspecified atom stereocenters. The van der Waals surface area contributed by atoms with Crippen LogP contribution in [0.3, 0.4) is 0 Å². The van der Waals surface area contributed by atoms with E-state index < -0.39 is 18.5 Å². The lowest BCUT2D eigenvalue weighted by Crippen LogP contribution is -2.21. The summed E-state index contributed by atoms with van der Waals surface area (Å²) in [5.74, 6) is -1.42. The van der Waals surface area contributed by atoms with E-state index in [-0.39, 0.29) is 5.91 Å². The van der Waals surface area contributed by atoms with E-state index in [2.05, 4.69) is 15.7 Å². The molecule has 3 aromatic rings. The SMILES string of the molecule is CNC(=O)c1cccc(NC(=O)COC(=O)/C=C/c2c(C)nn(-c3ccccc3)c2C)c1. The van der Waals surface area contributed by atoms with Gasteiger partial charge in [0.1, 0.15) is 0 Å². The molecule has 0 radical (unpaired) electrons. The van der Waals surface area contributed by atoms with E-state index in [0.717, 1.165) is 22.6 Å². The zero-order valence-corrected chi connectivity index (χ0v) is 18.1. The van der Waals surface area contributed by atoms with Crippen molar-refractivity contribution in [2.24, 2.45) is 0 Å². The molecule has 0 aliphatic carbocycles. The lowest BCUT2D eigenvalue weighted by Gasteiger charge is -2.07. The number of ether oxygens (including phenoxy) is 1. The Morgan fingerprint density at radius 3 is 2.53 bits per heavy atom. The van der Waals surface area contributed by atoms with Gasteiger partial charge in [-0.3, -0.25) is 9.59 Å². The van der Waals surface area contributed by atoms with E-state index in [1.165, 1.54) is 19.2 Å². The van der Waals surface area contributed by atoms with Gasteiger partial charge in [0.15, 0.2) is 6.61 Å². The van der Waals surface area contributed by atoms with Crippen LogP contribution >= 0.6 is 0 Å². The normalized spacial score (nSPS) is 10.7. The van der Waals surface area contributed by atoms with Gasteiger partial charge in [0.2, 0.25) is 0 Å². The Labute approximate surface area is 185 Å². The molecule has 0 atom stereocenters. The molecule has 1 aromatic heterocycles. The van der Waals surface area contributed by atoms with E-state index >= 15 is 0 Å². The van der Waals surface area contributed by atoms with Crippen molar-refractivity contribution in [1.29, 1.82) is 0 Å². The predicted octanol–water partition coefficient (Wildman–Crippen LogP) is 3.04. The van der Waals surface area contributed by atoms with Crippen LogP contribution in [0.25, 0.3) is 11.8 Å². The first-order chi connectivity index (χ1) is 15.4. The summed E-state index contributed by atoms with van der Waals surface area (Å²) in [4.78, 5) is 35.8. The van der Waals surface area contributed by atoms with Gasteiger partial charge in [-0.25, -0.2) is 9.48 Å². The highest BCUT2D eigenvalue weighted by Gasteiger charge is 2.12. The van der Waals surface area contributed by atoms with Gasteiger partial charge in [-0.1, -0.05) is 24.3 Å². The molecule has 1 heterocycles. The van der Waals surface area contributed by atoms with Gasteiger partial charge in [0.25, 0.3) is 11.8 Å². The average Bonchev–Trinajstić information content (AvgIpc) is 3.09. The third-order valence-corrected chi connectivity index (χ3v) is 4.72. The number of aromatic nitrogens is 2. The number of para-hydroxylation sites is 1. The summed E-state index contributed by atoms with van der Waals surface area (Å²) in [5.41, 5.74) is 4.22. The number of nitrogens with one attached hydrogen (secondary N) is 2. The van der Waals surface area contributed by atoms with Gasteiger partial charge in [-0.05, 0) is 50.3 Å². The lowest BCUT2D eigenvalue weighted by molar-refractivity contribution is -0.142. The number of hydrogen-bond donors (Lipinski definition) is 2. The number of anilines is 1. The topological polar surface area (TPSA) is 102 Å². The minimum Gasteiger partial charge on any atom is -0.452 e. The molecule has 0 aliphatic rings. The van der Waals surface area contributed by atoms with E-state index in [0.29, 0.717) is 11.3 Å². The number of rotatable bonds is 7. The van der Waals surface area contributed by atoms with Crippen molar-refractivity contribution in [2.75, 3.05) is 19.0 Å². The number of benzene rings is 2. The maximum atomic E-state index is 12.1. The van der Waals surface area contributed by atoms with Gasteiger partial charge in [0.05, 0.1) is 11.4 Å². The van der Waals surface area contributed by atoms with Crippen LogP contribution in [0.4, 0.5) is 5.69 Å². The molecule has 164 valence electrons. The first-order valence-corrected chi connectivity index (χ1v) is 9.97. The summed E-state index contributed by atoms with van der Waals surface area (Å²) in [6.07, 6.45) is 2.90. The van der Waals surface area contributed by atoms with Crippen molar-refractivity contribution < 1.29 is 19.1 Å². The molecule has 8 nitrogen and oxygen atoms in total. The molecule has 8 heteroatoms. The Bertz CT molecular complexity index is 1170. The Morgan fingerprint density at radius 1 is 1.06 bits per heavy atom. The van der Waals surface area contributed by atoms with Crippen molar-refractivity contribution >= 4 is 29.5 Å². The molecule has 2 aromatic carbocycles. The molecule has 2 amide bonds. The molecule has 2 N–H and O–H groups in total. The summed E-state index contributed by atoms with van der Waals surface area (Å²) in [5, 5.41) is 9.64. The van der Waals surface area contributed by atoms with Gasteiger partial charge >= 0.3 is 5.97 Å². The first-order valence-electron chi connectivity index (χ1n) is 9.97. The molecule has 0 saturated heterocycles. The molecular formula is C24H24N4O4. The molecule has 0 bridgehead atoms. The number of esters is 1. The Hall–Kier alpha value is -4.20. The van der Waals surface area contributed by atoms with Crippen LogP contribution in [0.2, 0.25) is 0 Å². The van der Waals surface area contributed by atoms with Gasteiger partial charge in [0, 0.05) is 35.6 Å². The quantitative estimate of drug-likeness (QED) is 0.441. The Morgan fingerprint density at radius 2 is 1.81 bits per heavy atom. The number of hydrogen-bond acceptors (Lipinski definition) is 5. The third kappa shape index (κ3) is 5.48. The number of aryl methyl sites for hydroxylation is 1. The van der Waals surface area contributed by atoms with Gasteiger partial charge in [-0.15, -0.1) is 0 Å². The summed E-state index contributed by atoms with van der Waals surface area (Å²) in [7, 11) is 1.52. The second kappa shape index (κ2) is 10.2. The summed E-state index contributed by atoms with van der Waals surface area (Å²) < 4.78 is 6.83. The molecule has 0 spiro atoms. The predicted molar refractivity (Wildman–Crippen MR) is 121 cm³/mol. The van der Waals surface area contributed by atoms with E-state index in [1.807, 2.05) is 44.2 Å². The second-order valence-electron chi connectivity index (χ2n) is 6.98. The maximum Gasteiger partial charge on any atom is 0.331 e. The summed E-state index contributed by atoms with van der Waals surface area (Å²) in [6, 6.07) is 16.1. The van der Waals surface area contributed by atoms with Crippen LogP contribution in [0.5, 0.6) is 0 Å². The van der Waals surface area contributed by atoms with Crippen molar-refractivity contribution in [3.05, 3.63) is 83.2 Å². The maximum absolute atomic E-state index is 12.1. The van der Waals surface area contributed by atoms with Gasteiger partial charge < -0.3 is 15.4 Å². The van der Waals surface area contributed by atoms with Crippen LogP contribution in [-0.2, 0) is 14.3 Å². The highest BCUT2D eigenvalue weighted by Crippen LogP contribution is 2.19. The summed E-state index contributed by atoms with van der Waals surface area (Å²) >= 11 is 0. The number of carbonyl (C=O) groups excluding carboxylic acids is 3. The molecular weight excluding hydrogens is 408 g/mol.